The van der Waals surface area contributed by atoms with Crippen LogP contribution >= 0.6 is 0 Å². The van der Waals surface area contributed by atoms with Crippen LogP contribution in [0.4, 0.5) is 0 Å². The molecule has 1 heterocycles. The molecule has 1 saturated heterocycles. The minimum Gasteiger partial charge on any atom is -0.468 e. The van der Waals surface area contributed by atoms with Gasteiger partial charge >= 0.3 is 11.9 Å². The number of esters is 2. The number of carbonyl (C=O) groups excluding carboxylic acids is 2. The fraction of sp³-hybridized carbons (Fsp3) is 0.714. The maximum absolute atomic E-state index is 10.9. The van der Waals surface area contributed by atoms with Crippen LogP contribution in [0, 0.1) is 11.8 Å². The van der Waals surface area contributed by atoms with Gasteiger partial charge < -0.3 is 9.47 Å². The lowest BCUT2D eigenvalue weighted by atomic mass is 9.98. The molecular weight excluding hydrogens is 148 g/mol. The highest BCUT2D eigenvalue weighted by Gasteiger charge is 2.40. The van der Waals surface area contributed by atoms with Crippen LogP contribution in [0.5, 0.6) is 0 Å². The molecule has 0 spiro atoms. The van der Waals surface area contributed by atoms with Crippen LogP contribution in [0.25, 0.3) is 0 Å². The molecule has 0 bridgehead atoms. The van der Waals surface area contributed by atoms with Crippen LogP contribution in [0.1, 0.15) is 6.92 Å². The summed E-state index contributed by atoms with van der Waals surface area (Å²) in [6.07, 6.45) is 0. The standard InChI is InChI=1S/C7H10O4/c1-4-3-11-7(9)5(4)6(8)10-2/h4-5H,3H2,1-2H3. The van der Waals surface area contributed by atoms with Gasteiger partial charge in [-0.1, -0.05) is 6.92 Å². The monoisotopic (exact) mass is 158 g/mol. The first-order chi connectivity index (χ1) is 5.16. The topological polar surface area (TPSA) is 52.6 Å². The van der Waals surface area contributed by atoms with Crippen molar-refractivity contribution in [3.63, 3.8) is 0 Å². The molecule has 4 heteroatoms. The average Bonchev–Trinajstić information content (AvgIpc) is 2.30. The van der Waals surface area contributed by atoms with E-state index in [0.717, 1.165) is 0 Å². The summed E-state index contributed by atoms with van der Waals surface area (Å²) in [5, 5.41) is 0. The van der Waals surface area contributed by atoms with Crippen molar-refractivity contribution in [2.75, 3.05) is 13.7 Å². The number of ether oxygens (including phenoxy) is 2. The average molecular weight is 158 g/mol. The Kier molecular flexibility index (Phi) is 2.12. The Hall–Kier alpha value is -1.06. The second-order valence-electron chi connectivity index (χ2n) is 2.61. The van der Waals surface area contributed by atoms with E-state index in [1.54, 1.807) is 6.92 Å². The first-order valence-corrected chi connectivity index (χ1v) is 3.41. The fourth-order valence-electron chi connectivity index (χ4n) is 1.09. The smallest absolute Gasteiger partial charge is 0.320 e. The molecule has 0 radical (unpaired) electrons. The molecule has 11 heavy (non-hydrogen) atoms. The van der Waals surface area contributed by atoms with Crippen molar-refractivity contribution in [1.82, 2.24) is 0 Å². The lowest BCUT2D eigenvalue weighted by molar-refractivity contribution is -0.154. The van der Waals surface area contributed by atoms with Gasteiger partial charge in [-0.05, 0) is 0 Å². The number of methoxy groups -OCH3 is 1. The van der Waals surface area contributed by atoms with Crippen molar-refractivity contribution >= 4 is 11.9 Å². The molecular formula is C7H10O4. The van der Waals surface area contributed by atoms with E-state index >= 15 is 0 Å². The molecule has 4 nitrogen and oxygen atoms in total. The number of rotatable bonds is 1. The van der Waals surface area contributed by atoms with Crippen LogP contribution in [-0.4, -0.2) is 25.7 Å². The molecule has 0 amide bonds. The van der Waals surface area contributed by atoms with Gasteiger partial charge in [0, 0.05) is 5.92 Å². The van der Waals surface area contributed by atoms with Crippen LogP contribution in [-0.2, 0) is 19.1 Å². The summed E-state index contributed by atoms with van der Waals surface area (Å²) in [5.41, 5.74) is 0. The Labute approximate surface area is 64.5 Å². The third kappa shape index (κ3) is 1.34. The molecule has 0 aliphatic carbocycles. The second kappa shape index (κ2) is 2.90. The van der Waals surface area contributed by atoms with Gasteiger partial charge in [0.05, 0.1) is 13.7 Å². The Morgan fingerprint density at radius 3 is 2.73 bits per heavy atom. The van der Waals surface area contributed by atoms with Gasteiger partial charge in [0.15, 0.2) is 5.92 Å². The van der Waals surface area contributed by atoms with E-state index in [1.165, 1.54) is 7.11 Å². The quantitative estimate of drug-likeness (QED) is 0.397. The number of hydrogen-bond donors (Lipinski definition) is 0. The third-order valence-electron chi connectivity index (χ3n) is 1.77. The van der Waals surface area contributed by atoms with Crippen molar-refractivity contribution < 1.29 is 19.1 Å². The van der Waals surface area contributed by atoms with Gasteiger partial charge in [-0.15, -0.1) is 0 Å². The minimum atomic E-state index is -0.708. The fourth-order valence-corrected chi connectivity index (χ4v) is 1.09. The molecule has 2 unspecified atom stereocenters. The van der Waals surface area contributed by atoms with E-state index in [-0.39, 0.29) is 5.92 Å². The first kappa shape index (κ1) is 8.04. The molecule has 1 rings (SSSR count). The van der Waals surface area contributed by atoms with Crippen LogP contribution in [0.3, 0.4) is 0 Å². The normalized spacial score (nSPS) is 29.8. The molecule has 1 fully saturated rings. The lowest BCUT2D eigenvalue weighted by Gasteiger charge is -2.06. The van der Waals surface area contributed by atoms with Crippen molar-refractivity contribution in [2.45, 2.75) is 6.92 Å². The zero-order valence-electron chi connectivity index (χ0n) is 6.49. The first-order valence-electron chi connectivity index (χ1n) is 3.41. The van der Waals surface area contributed by atoms with Gasteiger partial charge in [0.25, 0.3) is 0 Å². The Morgan fingerprint density at radius 1 is 1.73 bits per heavy atom. The van der Waals surface area contributed by atoms with E-state index in [1.807, 2.05) is 0 Å². The molecule has 2 atom stereocenters. The number of cyclic esters (lactones) is 1. The summed E-state index contributed by atoms with van der Waals surface area (Å²) in [4.78, 5) is 21.8. The van der Waals surface area contributed by atoms with Crippen molar-refractivity contribution in [3.05, 3.63) is 0 Å². The van der Waals surface area contributed by atoms with Crippen molar-refractivity contribution in [2.24, 2.45) is 11.8 Å². The summed E-state index contributed by atoms with van der Waals surface area (Å²) in [6.45, 7) is 2.10. The van der Waals surface area contributed by atoms with E-state index < -0.39 is 17.9 Å². The van der Waals surface area contributed by atoms with Gasteiger partial charge in [0.1, 0.15) is 0 Å². The highest BCUT2D eigenvalue weighted by Crippen LogP contribution is 2.22. The predicted molar refractivity (Wildman–Crippen MR) is 35.6 cm³/mol. The number of hydrogen-bond acceptors (Lipinski definition) is 4. The largest absolute Gasteiger partial charge is 0.468 e. The minimum absolute atomic E-state index is 0.0602. The lowest BCUT2D eigenvalue weighted by Crippen LogP contribution is -2.25. The highest BCUT2D eigenvalue weighted by molar-refractivity contribution is 5.96. The summed E-state index contributed by atoms with van der Waals surface area (Å²) in [5.74, 6) is -1.74. The summed E-state index contributed by atoms with van der Waals surface area (Å²) in [7, 11) is 1.26. The maximum atomic E-state index is 10.9. The Balaban J connectivity index is 2.68. The van der Waals surface area contributed by atoms with E-state index in [0.29, 0.717) is 6.61 Å². The molecule has 0 aromatic rings. The van der Waals surface area contributed by atoms with Gasteiger partial charge in [-0.3, -0.25) is 9.59 Å². The molecule has 0 saturated carbocycles. The van der Waals surface area contributed by atoms with E-state index in [9.17, 15) is 9.59 Å². The van der Waals surface area contributed by atoms with Crippen molar-refractivity contribution in [1.29, 1.82) is 0 Å². The Bertz CT molecular complexity index is 187. The highest BCUT2D eigenvalue weighted by atomic mass is 16.6. The molecule has 1 aliphatic heterocycles. The summed E-state index contributed by atoms with van der Waals surface area (Å²) in [6, 6.07) is 0. The molecule has 0 aromatic heterocycles. The van der Waals surface area contributed by atoms with Crippen LogP contribution in [0.2, 0.25) is 0 Å². The van der Waals surface area contributed by atoms with E-state index in [2.05, 4.69) is 9.47 Å². The van der Waals surface area contributed by atoms with Crippen LogP contribution < -0.4 is 0 Å². The van der Waals surface area contributed by atoms with Gasteiger partial charge in [0.2, 0.25) is 0 Å². The van der Waals surface area contributed by atoms with Crippen molar-refractivity contribution in [3.8, 4) is 0 Å². The van der Waals surface area contributed by atoms with E-state index in [4.69, 9.17) is 0 Å². The predicted octanol–water partition coefficient (Wildman–Crippen LogP) is -0.0315. The summed E-state index contributed by atoms with van der Waals surface area (Å²) < 4.78 is 9.10. The summed E-state index contributed by atoms with van der Waals surface area (Å²) >= 11 is 0. The van der Waals surface area contributed by atoms with Gasteiger partial charge in [-0.2, -0.15) is 0 Å². The second-order valence-corrected chi connectivity index (χ2v) is 2.61. The molecule has 62 valence electrons. The zero-order valence-corrected chi connectivity index (χ0v) is 6.49. The molecule has 0 aromatic carbocycles. The maximum Gasteiger partial charge on any atom is 0.320 e. The Morgan fingerprint density at radius 2 is 2.36 bits per heavy atom. The zero-order chi connectivity index (χ0) is 8.43. The number of carbonyl (C=O) groups is 2. The SMILES string of the molecule is COC(=O)C1C(=O)OCC1C. The molecule has 0 N–H and O–H groups in total. The molecule has 1 aliphatic rings. The third-order valence-corrected chi connectivity index (χ3v) is 1.77. The van der Waals surface area contributed by atoms with Gasteiger partial charge in [-0.25, -0.2) is 0 Å². The van der Waals surface area contributed by atoms with Crippen LogP contribution in [0.15, 0.2) is 0 Å².